The molecule has 2 aliphatic rings. The Morgan fingerprint density at radius 2 is 1.96 bits per heavy atom. The molecule has 0 bridgehead atoms. The van der Waals surface area contributed by atoms with Crippen molar-refractivity contribution in [1.29, 1.82) is 0 Å². The Hall–Kier alpha value is -1.14. The minimum Gasteiger partial charge on any atom is -0.337 e. The standard InChI is InChI=1S/C19H25N3OS2/c1-12-6-5-7-13(2)22(12)16(23)10-24-18-17-14-8-3-4-9-15(14)25-19(17)21-11-20-18/h11-13H,3-10H2,1-2H3/t12-,13-/m1/s1. The quantitative estimate of drug-likeness (QED) is 0.587. The zero-order valence-corrected chi connectivity index (χ0v) is 16.6. The largest absolute Gasteiger partial charge is 0.337 e. The van der Waals surface area contributed by atoms with Crippen molar-refractivity contribution in [1.82, 2.24) is 14.9 Å². The fourth-order valence-electron chi connectivity index (χ4n) is 4.29. The summed E-state index contributed by atoms with van der Waals surface area (Å²) < 4.78 is 0. The molecule has 0 spiro atoms. The van der Waals surface area contributed by atoms with Crippen LogP contribution < -0.4 is 0 Å². The maximum atomic E-state index is 12.8. The number of piperidine rings is 1. The maximum absolute atomic E-state index is 12.8. The van der Waals surface area contributed by atoms with Crippen molar-refractivity contribution in [2.24, 2.45) is 0 Å². The monoisotopic (exact) mass is 375 g/mol. The average molecular weight is 376 g/mol. The predicted molar refractivity (Wildman–Crippen MR) is 104 cm³/mol. The second kappa shape index (κ2) is 7.23. The van der Waals surface area contributed by atoms with Gasteiger partial charge >= 0.3 is 0 Å². The fourth-order valence-corrected chi connectivity index (χ4v) is 6.48. The van der Waals surface area contributed by atoms with Gasteiger partial charge in [-0.2, -0.15) is 0 Å². The van der Waals surface area contributed by atoms with Gasteiger partial charge < -0.3 is 4.90 Å². The Morgan fingerprint density at radius 3 is 2.76 bits per heavy atom. The van der Waals surface area contributed by atoms with E-state index in [-0.39, 0.29) is 5.91 Å². The Bertz CT molecular complexity index is 778. The molecule has 1 aliphatic carbocycles. The SMILES string of the molecule is C[C@@H]1CCC[C@@H](C)N1C(=O)CSc1ncnc2sc3c(c12)CCCC3. The van der Waals surface area contributed by atoms with Crippen LogP contribution in [0.25, 0.3) is 10.2 Å². The molecule has 3 heterocycles. The number of hydrogen-bond donors (Lipinski definition) is 0. The third-order valence-corrected chi connectivity index (χ3v) is 7.70. The highest BCUT2D eigenvalue weighted by Gasteiger charge is 2.29. The number of thioether (sulfide) groups is 1. The summed E-state index contributed by atoms with van der Waals surface area (Å²) in [4.78, 5) is 26.5. The molecule has 134 valence electrons. The molecule has 2 aromatic heterocycles. The van der Waals surface area contributed by atoms with E-state index >= 15 is 0 Å². The summed E-state index contributed by atoms with van der Waals surface area (Å²) in [6, 6.07) is 0.715. The molecule has 0 saturated carbocycles. The summed E-state index contributed by atoms with van der Waals surface area (Å²) >= 11 is 3.41. The van der Waals surface area contributed by atoms with Crippen LogP contribution in [0.3, 0.4) is 0 Å². The topological polar surface area (TPSA) is 46.1 Å². The van der Waals surface area contributed by atoms with Crippen LogP contribution in [0.5, 0.6) is 0 Å². The Kier molecular flexibility index (Phi) is 5.00. The molecule has 0 N–H and O–H groups in total. The summed E-state index contributed by atoms with van der Waals surface area (Å²) in [5.41, 5.74) is 1.45. The molecule has 4 nitrogen and oxygen atoms in total. The molecule has 4 rings (SSSR count). The Balaban J connectivity index is 1.55. The molecular weight excluding hydrogens is 350 g/mol. The first-order valence-electron chi connectivity index (χ1n) is 9.34. The van der Waals surface area contributed by atoms with E-state index in [1.807, 2.05) is 11.3 Å². The second-order valence-electron chi connectivity index (χ2n) is 7.29. The maximum Gasteiger partial charge on any atom is 0.233 e. The molecule has 25 heavy (non-hydrogen) atoms. The van der Waals surface area contributed by atoms with E-state index in [0.29, 0.717) is 17.8 Å². The van der Waals surface area contributed by atoms with Crippen molar-refractivity contribution >= 4 is 39.2 Å². The number of thiophene rings is 1. The number of carbonyl (C=O) groups is 1. The second-order valence-corrected chi connectivity index (χ2v) is 9.34. The smallest absolute Gasteiger partial charge is 0.233 e. The van der Waals surface area contributed by atoms with E-state index in [9.17, 15) is 4.79 Å². The molecule has 2 aromatic rings. The molecule has 1 amide bonds. The van der Waals surface area contributed by atoms with E-state index in [2.05, 4.69) is 28.7 Å². The summed E-state index contributed by atoms with van der Waals surface area (Å²) in [5, 5.41) is 2.22. The number of amides is 1. The van der Waals surface area contributed by atoms with Crippen molar-refractivity contribution in [3.8, 4) is 0 Å². The minimum atomic E-state index is 0.251. The average Bonchev–Trinajstić information content (AvgIpc) is 2.99. The van der Waals surface area contributed by atoms with E-state index in [1.54, 1.807) is 18.1 Å². The molecule has 0 aromatic carbocycles. The van der Waals surface area contributed by atoms with Crippen molar-refractivity contribution < 1.29 is 4.79 Å². The lowest BCUT2D eigenvalue weighted by atomic mass is 9.97. The van der Waals surface area contributed by atoms with Gasteiger partial charge in [-0.3, -0.25) is 4.79 Å². The lowest BCUT2D eigenvalue weighted by Crippen LogP contribution is -2.48. The van der Waals surface area contributed by atoms with Crippen LogP contribution in [-0.2, 0) is 17.6 Å². The van der Waals surface area contributed by atoms with Crippen LogP contribution in [0.1, 0.15) is 56.4 Å². The van der Waals surface area contributed by atoms with E-state index in [1.165, 1.54) is 41.5 Å². The third-order valence-electron chi connectivity index (χ3n) is 5.53. The third kappa shape index (κ3) is 3.31. The molecule has 1 aliphatic heterocycles. The summed E-state index contributed by atoms with van der Waals surface area (Å²) in [6.45, 7) is 4.35. The van der Waals surface area contributed by atoms with Crippen molar-refractivity contribution in [2.75, 3.05) is 5.75 Å². The predicted octanol–water partition coefficient (Wildman–Crippen LogP) is 4.45. The van der Waals surface area contributed by atoms with Crippen molar-refractivity contribution in [3.63, 3.8) is 0 Å². The van der Waals surface area contributed by atoms with Gasteiger partial charge in [0.2, 0.25) is 5.91 Å². The summed E-state index contributed by atoms with van der Waals surface area (Å²) in [7, 11) is 0. The highest BCUT2D eigenvalue weighted by molar-refractivity contribution is 8.00. The molecule has 2 atom stereocenters. The van der Waals surface area contributed by atoms with Gasteiger partial charge in [0.25, 0.3) is 0 Å². The van der Waals surface area contributed by atoms with Crippen LogP contribution in [0.4, 0.5) is 0 Å². The first-order valence-corrected chi connectivity index (χ1v) is 11.1. The Morgan fingerprint density at radius 1 is 1.20 bits per heavy atom. The number of nitrogens with zero attached hydrogens (tertiary/aromatic N) is 3. The molecule has 1 saturated heterocycles. The van der Waals surface area contributed by atoms with Crippen molar-refractivity contribution in [2.45, 2.75) is 75.9 Å². The number of aryl methyl sites for hydroxylation is 2. The van der Waals surface area contributed by atoms with Gasteiger partial charge in [-0.25, -0.2) is 9.97 Å². The van der Waals surface area contributed by atoms with Gasteiger partial charge in [0.1, 0.15) is 16.2 Å². The number of likely N-dealkylation sites (tertiary alicyclic amines) is 1. The first-order chi connectivity index (χ1) is 12.1. The van der Waals surface area contributed by atoms with Crippen LogP contribution in [0.15, 0.2) is 11.4 Å². The van der Waals surface area contributed by atoms with E-state index in [0.717, 1.165) is 29.1 Å². The zero-order chi connectivity index (χ0) is 17.4. The number of carbonyl (C=O) groups excluding carboxylic acids is 1. The highest BCUT2D eigenvalue weighted by Crippen LogP contribution is 2.39. The number of rotatable bonds is 3. The summed E-state index contributed by atoms with van der Waals surface area (Å²) in [6.07, 6.45) is 9.95. The van der Waals surface area contributed by atoms with E-state index < -0.39 is 0 Å². The van der Waals surface area contributed by atoms with Crippen LogP contribution in [-0.4, -0.2) is 38.6 Å². The van der Waals surface area contributed by atoms with Crippen LogP contribution >= 0.6 is 23.1 Å². The van der Waals surface area contributed by atoms with Gasteiger partial charge in [0, 0.05) is 22.3 Å². The van der Waals surface area contributed by atoms with Gasteiger partial charge in [-0.05, 0) is 64.4 Å². The molecular formula is C19H25N3OS2. The van der Waals surface area contributed by atoms with Crippen molar-refractivity contribution in [3.05, 3.63) is 16.8 Å². The number of aromatic nitrogens is 2. The number of fused-ring (bicyclic) bond motifs is 3. The summed E-state index contributed by atoms with van der Waals surface area (Å²) in [5.74, 6) is 0.728. The number of hydrogen-bond acceptors (Lipinski definition) is 5. The Labute approximate surface area is 157 Å². The highest BCUT2D eigenvalue weighted by atomic mass is 32.2. The molecule has 0 unspecified atom stereocenters. The van der Waals surface area contributed by atoms with Gasteiger partial charge in [-0.15, -0.1) is 11.3 Å². The van der Waals surface area contributed by atoms with Crippen LogP contribution in [0.2, 0.25) is 0 Å². The lowest BCUT2D eigenvalue weighted by Gasteiger charge is -2.39. The van der Waals surface area contributed by atoms with Gasteiger partial charge in [0.15, 0.2) is 0 Å². The van der Waals surface area contributed by atoms with E-state index in [4.69, 9.17) is 0 Å². The molecule has 1 fully saturated rings. The first kappa shape index (κ1) is 17.3. The molecule has 0 radical (unpaired) electrons. The van der Waals surface area contributed by atoms with Gasteiger partial charge in [0.05, 0.1) is 5.75 Å². The fraction of sp³-hybridized carbons (Fsp3) is 0.632. The minimum absolute atomic E-state index is 0.251. The normalized spacial score (nSPS) is 23.7. The lowest BCUT2D eigenvalue weighted by molar-refractivity contribution is -0.134. The van der Waals surface area contributed by atoms with Gasteiger partial charge in [-0.1, -0.05) is 11.8 Å². The molecule has 6 heteroatoms. The zero-order valence-electron chi connectivity index (χ0n) is 15.0. The van der Waals surface area contributed by atoms with Crippen LogP contribution in [0, 0.1) is 0 Å².